The second-order valence-corrected chi connectivity index (χ2v) is 10.7. The highest BCUT2D eigenvalue weighted by molar-refractivity contribution is 8.01. The third-order valence-corrected chi connectivity index (χ3v) is 8.01. The zero-order valence-corrected chi connectivity index (χ0v) is 20.3. The number of amides is 1. The van der Waals surface area contributed by atoms with Gasteiger partial charge in [0.25, 0.3) is 10.0 Å². The van der Waals surface area contributed by atoms with Crippen molar-refractivity contribution in [3.8, 4) is 0 Å². The van der Waals surface area contributed by atoms with Gasteiger partial charge in [0.05, 0.1) is 29.0 Å². The smallest absolute Gasteiger partial charge is 0.416 e. The Morgan fingerprint density at radius 2 is 1.83 bits per heavy atom. The summed E-state index contributed by atoms with van der Waals surface area (Å²) in [5.74, 6) is -1.38. The number of rotatable bonds is 9. The molecule has 0 radical (unpaired) electrons. The molecule has 1 heterocycles. The number of carbonyl (C=O) groups is 2. The number of hydrogen-bond acceptors (Lipinski definition) is 9. The van der Waals surface area contributed by atoms with E-state index in [0.717, 1.165) is 41.3 Å². The summed E-state index contributed by atoms with van der Waals surface area (Å²) >= 11 is 1.95. The van der Waals surface area contributed by atoms with Crippen LogP contribution in [0.5, 0.6) is 0 Å². The molecular formula is C20H17F3N4O5S3. The summed E-state index contributed by atoms with van der Waals surface area (Å²) in [6.45, 7) is -0.831. The molecule has 0 spiro atoms. The number of hydrogen-bond donors (Lipinski definition) is 1. The van der Waals surface area contributed by atoms with Crippen molar-refractivity contribution in [1.82, 2.24) is 10.2 Å². The van der Waals surface area contributed by atoms with E-state index in [9.17, 15) is 31.2 Å². The van der Waals surface area contributed by atoms with Crippen LogP contribution in [0.1, 0.15) is 5.56 Å². The molecular weight excluding hydrogens is 529 g/mol. The fourth-order valence-electron chi connectivity index (χ4n) is 2.66. The number of alkyl halides is 3. The molecule has 0 aliphatic rings. The summed E-state index contributed by atoms with van der Waals surface area (Å²) in [5.41, 5.74) is -1.41. The summed E-state index contributed by atoms with van der Waals surface area (Å²) in [7, 11) is -3.17. The van der Waals surface area contributed by atoms with E-state index in [4.69, 9.17) is 0 Å². The number of anilines is 2. The largest absolute Gasteiger partial charge is 0.468 e. The molecule has 0 fully saturated rings. The van der Waals surface area contributed by atoms with Crippen LogP contribution in [0.4, 0.5) is 24.0 Å². The van der Waals surface area contributed by atoms with Crippen LogP contribution in [0.3, 0.4) is 0 Å². The Morgan fingerprint density at radius 3 is 2.49 bits per heavy atom. The molecule has 15 heteroatoms. The molecule has 2 aromatic carbocycles. The molecule has 0 saturated carbocycles. The molecule has 0 saturated heterocycles. The van der Waals surface area contributed by atoms with Gasteiger partial charge in [-0.1, -0.05) is 47.4 Å². The van der Waals surface area contributed by atoms with E-state index in [1.54, 1.807) is 6.07 Å². The molecule has 0 bridgehead atoms. The lowest BCUT2D eigenvalue weighted by atomic mass is 10.2. The number of benzene rings is 2. The minimum absolute atomic E-state index is 0.0171. The van der Waals surface area contributed by atoms with Crippen molar-refractivity contribution in [3.63, 3.8) is 0 Å². The number of nitrogens with one attached hydrogen (secondary N) is 1. The van der Waals surface area contributed by atoms with Crippen molar-refractivity contribution < 1.29 is 35.9 Å². The van der Waals surface area contributed by atoms with Gasteiger partial charge < -0.3 is 4.74 Å². The van der Waals surface area contributed by atoms with Gasteiger partial charge in [-0.15, -0.1) is 10.2 Å². The van der Waals surface area contributed by atoms with Gasteiger partial charge in [0.1, 0.15) is 6.54 Å². The Kier molecular flexibility index (Phi) is 8.34. The first kappa shape index (κ1) is 26.4. The number of aromatic nitrogens is 2. The van der Waals surface area contributed by atoms with Crippen LogP contribution in [0, 0.1) is 0 Å². The van der Waals surface area contributed by atoms with Crippen LogP contribution in [0.25, 0.3) is 0 Å². The van der Waals surface area contributed by atoms with Gasteiger partial charge >= 0.3 is 12.1 Å². The molecule has 1 N–H and O–H groups in total. The fraction of sp³-hybridized carbons (Fsp3) is 0.200. The molecule has 1 aromatic heterocycles. The number of esters is 1. The van der Waals surface area contributed by atoms with E-state index < -0.39 is 40.2 Å². The molecule has 0 atom stereocenters. The zero-order valence-electron chi connectivity index (χ0n) is 17.9. The maximum Gasteiger partial charge on any atom is 0.416 e. The van der Waals surface area contributed by atoms with Crippen LogP contribution in [0.15, 0.2) is 63.8 Å². The Morgan fingerprint density at radius 1 is 1.11 bits per heavy atom. The van der Waals surface area contributed by atoms with Crippen LogP contribution in [-0.2, 0) is 30.5 Å². The summed E-state index contributed by atoms with van der Waals surface area (Å²) < 4.78 is 71.7. The predicted molar refractivity (Wildman–Crippen MR) is 124 cm³/mol. The SMILES string of the molecule is COC(=O)CSc1nnc(NC(=O)CN(c2cccc(C(F)(F)F)c2)S(=O)(=O)c2ccccc2)s1. The van der Waals surface area contributed by atoms with Crippen molar-refractivity contribution in [2.45, 2.75) is 15.4 Å². The molecule has 35 heavy (non-hydrogen) atoms. The van der Waals surface area contributed by atoms with Gasteiger partial charge in [-0.05, 0) is 30.3 Å². The molecule has 3 rings (SSSR count). The average molecular weight is 547 g/mol. The highest BCUT2D eigenvalue weighted by Gasteiger charge is 2.33. The van der Waals surface area contributed by atoms with Crippen LogP contribution in [0.2, 0.25) is 0 Å². The van der Waals surface area contributed by atoms with Gasteiger partial charge in [0.2, 0.25) is 11.0 Å². The van der Waals surface area contributed by atoms with Gasteiger partial charge in [-0.3, -0.25) is 19.2 Å². The third kappa shape index (κ3) is 6.93. The Bertz CT molecular complexity index is 1300. The van der Waals surface area contributed by atoms with E-state index in [2.05, 4.69) is 20.3 Å². The first-order chi connectivity index (χ1) is 16.5. The average Bonchev–Trinajstić information content (AvgIpc) is 3.28. The normalized spacial score (nSPS) is 11.7. The summed E-state index contributed by atoms with van der Waals surface area (Å²) in [4.78, 5) is 23.7. The Hall–Kier alpha value is -3.17. The third-order valence-electron chi connectivity index (χ3n) is 4.27. The molecule has 3 aromatic rings. The van der Waals surface area contributed by atoms with E-state index in [1.165, 1.54) is 31.4 Å². The number of methoxy groups -OCH3 is 1. The summed E-state index contributed by atoms with van der Waals surface area (Å²) in [5, 5.41) is 9.95. The molecule has 0 aliphatic carbocycles. The second-order valence-electron chi connectivity index (χ2n) is 6.66. The zero-order chi connectivity index (χ0) is 25.6. The molecule has 0 aliphatic heterocycles. The first-order valence-corrected chi connectivity index (χ1v) is 12.8. The maximum absolute atomic E-state index is 13.3. The number of halogens is 3. The van der Waals surface area contributed by atoms with Gasteiger partial charge in [-0.2, -0.15) is 13.2 Å². The van der Waals surface area contributed by atoms with Gasteiger partial charge in [0.15, 0.2) is 4.34 Å². The van der Waals surface area contributed by atoms with E-state index in [1.807, 2.05) is 0 Å². The quantitative estimate of drug-likeness (QED) is 0.246. The van der Waals surface area contributed by atoms with Gasteiger partial charge in [-0.25, -0.2) is 8.42 Å². The lowest BCUT2D eigenvalue weighted by molar-refractivity contribution is -0.138. The number of sulfonamides is 1. The highest BCUT2D eigenvalue weighted by atomic mass is 32.2. The fourth-order valence-corrected chi connectivity index (χ4v) is 5.69. The van der Waals surface area contributed by atoms with Crippen LogP contribution < -0.4 is 9.62 Å². The number of nitrogens with zero attached hydrogens (tertiary/aromatic N) is 3. The molecule has 9 nitrogen and oxygen atoms in total. The summed E-state index contributed by atoms with van der Waals surface area (Å²) in [6.07, 6.45) is -4.72. The van der Waals surface area contributed by atoms with E-state index in [-0.39, 0.29) is 21.5 Å². The van der Waals surface area contributed by atoms with Crippen molar-refractivity contribution in [2.24, 2.45) is 0 Å². The van der Waals surface area contributed by atoms with Crippen LogP contribution >= 0.6 is 23.1 Å². The second kappa shape index (κ2) is 11.0. The molecule has 186 valence electrons. The highest BCUT2D eigenvalue weighted by Crippen LogP contribution is 2.33. The number of thioether (sulfide) groups is 1. The van der Waals surface area contributed by atoms with E-state index >= 15 is 0 Å². The minimum atomic E-state index is -4.72. The standard InChI is InChI=1S/C20H17F3N4O5S3/c1-32-17(29)12-33-19-26-25-18(34-19)24-16(28)11-27(35(30,31)15-8-3-2-4-9-15)14-7-5-6-13(10-14)20(21,22)23/h2-10H,11-12H2,1H3,(H,24,25,28). The lowest BCUT2D eigenvalue weighted by Crippen LogP contribution is -2.38. The minimum Gasteiger partial charge on any atom is -0.468 e. The van der Waals surface area contributed by atoms with Crippen molar-refractivity contribution in [3.05, 3.63) is 60.2 Å². The topological polar surface area (TPSA) is 119 Å². The van der Waals surface area contributed by atoms with E-state index in [0.29, 0.717) is 14.7 Å². The molecule has 0 unspecified atom stereocenters. The number of ether oxygens (including phenoxy) is 1. The Balaban J connectivity index is 1.86. The summed E-state index contributed by atoms with van der Waals surface area (Å²) in [6, 6.07) is 10.7. The van der Waals surface area contributed by atoms with Crippen molar-refractivity contribution in [2.75, 3.05) is 29.0 Å². The van der Waals surface area contributed by atoms with Gasteiger partial charge in [0, 0.05) is 0 Å². The van der Waals surface area contributed by atoms with Crippen molar-refractivity contribution in [1.29, 1.82) is 0 Å². The van der Waals surface area contributed by atoms with Crippen LogP contribution in [-0.4, -0.2) is 49.9 Å². The lowest BCUT2D eigenvalue weighted by Gasteiger charge is -2.24. The predicted octanol–water partition coefficient (Wildman–Crippen LogP) is 3.66. The first-order valence-electron chi connectivity index (χ1n) is 9.58. The van der Waals surface area contributed by atoms with Crippen molar-refractivity contribution >= 4 is 55.8 Å². The maximum atomic E-state index is 13.3. The number of carbonyl (C=O) groups excluding carboxylic acids is 2. The molecule has 1 amide bonds. The monoisotopic (exact) mass is 546 g/mol. The Labute approximate surface area is 206 Å².